The van der Waals surface area contributed by atoms with E-state index in [2.05, 4.69) is 32.7 Å². The fourth-order valence-corrected chi connectivity index (χ4v) is 3.49. The monoisotopic (exact) mass is 195 g/mol. The Morgan fingerprint density at radius 1 is 1.21 bits per heavy atom. The molecule has 2 rings (SSSR count). The number of rotatable bonds is 0. The maximum absolute atomic E-state index is 2.64. The van der Waals surface area contributed by atoms with Gasteiger partial charge in [-0.05, 0) is 57.0 Å². The standard InChI is InChI=1S/C13H25N/c1-12(2,3)11-6-8-13(10-11)7-5-9-14(13)4/h11H,5-10H2,1-4H3/t11-,13+/m0/s1. The third kappa shape index (κ3) is 1.60. The van der Waals surface area contributed by atoms with Crippen LogP contribution in [0.15, 0.2) is 0 Å². The Kier molecular flexibility index (Phi) is 2.42. The van der Waals surface area contributed by atoms with Crippen molar-refractivity contribution in [1.82, 2.24) is 4.90 Å². The van der Waals surface area contributed by atoms with Crippen LogP contribution in [0.25, 0.3) is 0 Å². The second-order valence-corrected chi connectivity index (χ2v) is 6.56. The third-order valence-corrected chi connectivity index (χ3v) is 4.75. The summed E-state index contributed by atoms with van der Waals surface area (Å²) in [6.07, 6.45) is 7.23. The van der Waals surface area contributed by atoms with Crippen LogP contribution in [0.1, 0.15) is 52.9 Å². The Bertz CT molecular complexity index is 216. The van der Waals surface area contributed by atoms with E-state index in [0.717, 1.165) is 5.92 Å². The van der Waals surface area contributed by atoms with Gasteiger partial charge in [-0.15, -0.1) is 0 Å². The molecule has 1 nitrogen and oxygen atoms in total. The molecule has 0 N–H and O–H groups in total. The van der Waals surface area contributed by atoms with Crippen LogP contribution in [0.4, 0.5) is 0 Å². The predicted octanol–water partition coefficient (Wildman–Crippen LogP) is 3.30. The molecule has 1 saturated heterocycles. The second kappa shape index (κ2) is 3.23. The Labute approximate surface area is 88.9 Å². The van der Waals surface area contributed by atoms with Crippen molar-refractivity contribution >= 4 is 0 Å². The lowest BCUT2D eigenvalue weighted by Crippen LogP contribution is -2.39. The number of hydrogen-bond acceptors (Lipinski definition) is 1. The van der Waals surface area contributed by atoms with Crippen LogP contribution in [-0.4, -0.2) is 24.0 Å². The average Bonchev–Trinajstić information content (AvgIpc) is 2.61. The molecule has 82 valence electrons. The van der Waals surface area contributed by atoms with Gasteiger partial charge >= 0.3 is 0 Å². The summed E-state index contributed by atoms with van der Waals surface area (Å²) < 4.78 is 0. The second-order valence-electron chi connectivity index (χ2n) is 6.56. The van der Waals surface area contributed by atoms with Crippen LogP contribution >= 0.6 is 0 Å². The smallest absolute Gasteiger partial charge is 0.0210 e. The molecule has 1 heterocycles. The van der Waals surface area contributed by atoms with Crippen LogP contribution in [0.3, 0.4) is 0 Å². The topological polar surface area (TPSA) is 3.24 Å². The van der Waals surface area contributed by atoms with Gasteiger partial charge in [-0.2, -0.15) is 0 Å². The van der Waals surface area contributed by atoms with Crippen LogP contribution < -0.4 is 0 Å². The Morgan fingerprint density at radius 3 is 2.36 bits per heavy atom. The van der Waals surface area contributed by atoms with Crippen LogP contribution in [0.2, 0.25) is 0 Å². The van der Waals surface area contributed by atoms with Crippen molar-refractivity contribution in [1.29, 1.82) is 0 Å². The van der Waals surface area contributed by atoms with E-state index in [-0.39, 0.29) is 0 Å². The van der Waals surface area contributed by atoms with Crippen molar-refractivity contribution in [3.05, 3.63) is 0 Å². The van der Waals surface area contributed by atoms with E-state index in [1.807, 2.05) is 0 Å². The number of hydrogen-bond donors (Lipinski definition) is 0. The highest BCUT2D eigenvalue weighted by atomic mass is 15.2. The summed E-state index contributed by atoms with van der Waals surface area (Å²) in [5, 5.41) is 0. The predicted molar refractivity (Wildman–Crippen MR) is 61.4 cm³/mol. The molecule has 2 atom stereocenters. The molecule has 1 heteroatoms. The van der Waals surface area contributed by atoms with Gasteiger partial charge in [-0.25, -0.2) is 0 Å². The Morgan fingerprint density at radius 2 is 1.93 bits per heavy atom. The van der Waals surface area contributed by atoms with Crippen molar-refractivity contribution in [2.75, 3.05) is 13.6 Å². The largest absolute Gasteiger partial charge is 0.301 e. The van der Waals surface area contributed by atoms with Crippen molar-refractivity contribution in [2.24, 2.45) is 11.3 Å². The molecule has 1 saturated carbocycles. The highest BCUT2D eigenvalue weighted by molar-refractivity contribution is 5.02. The molecule has 0 unspecified atom stereocenters. The SMILES string of the molecule is CN1CCC[C@]12CC[C@H](C(C)(C)C)C2. The molecule has 14 heavy (non-hydrogen) atoms. The zero-order valence-corrected chi connectivity index (χ0v) is 10.3. The summed E-state index contributed by atoms with van der Waals surface area (Å²) in [5.41, 5.74) is 1.13. The van der Waals surface area contributed by atoms with E-state index in [9.17, 15) is 0 Å². The van der Waals surface area contributed by atoms with Gasteiger partial charge in [-0.3, -0.25) is 0 Å². The van der Waals surface area contributed by atoms with Crippen molar-refractivity contribution in [2.45, 2.75) is 58.4 Å². The molecule has 0 aromatic carbocycles. The molecule has 2 aliphatic rings. The normalized spacial score (nSPS) is 39.9. The first-order chi connectivity index (χ1) is 6.44. The fraction of sp³-hybridized carbons (Fsp3) is 1.00. The first-order valence-corrected chi connectivity index (χ1v) is 6.15. The third-order valence-electron chi connectivity index (χ3n) is 4.75. The molecule has 2 fully saturated rings. The highest BCUT2D eigenvalue weighted by Crippen LogP contribution is 2.50. The summed E-state index contributed by atoms with van der Waals surface area (Å²) in [5.74, 6) is 0.947. The summed E-state index contributed by atoms with van der Waals surface area (Å²) in [6.45, 7) is 8.56. The average molecular weight is 195 g/mol. The summed E-state index contributed by atoms with van der Waals surface area (Å²) >= 11 is 0. The minimum absolute atomic E-state index is 0.521. The van der Waals surface area contributed by atoms with Gasteiger partial charge in [0.25, 0.3) is 0 Å². The molecular formula is C13H25N. The summed E-state index contributed by atoms with van der Waals surface area (Å²) in [4.78, 5) is 2.64. The molecule has 0 aromatic heterocycles. The Balaban J connectivity index is 2.07. The first-order valence-electron chi connectivity index (χ1n) is 6.15. The van der Waals surface area contributed by atoms with E-state index >= 15 is 0 Å². The van der Waals surface area contributed by atoms with Gasteiger partial charge in [-0.1, -0.05) is 20.8 Å². The molecule has 1 spiro atoms. The van der Waals surface area contributed by atoms with E-state index in [0.29, 0.717) is 11.0 Å². The number of likely N-dealkylation sites (tertiary alicyclic amines) is 1. The van der Waals surface area contributed by atoms with E-state index in [4.69, 9.17) is 0 Å². The lowest BCUT2D eigenvalue weighted by Gasteiger charge is -2.34. The minimum atomic E-state index is 0.521. The molecule has 0 amide bonds. The van der Waals surface area contributed by atoms with E-state index in [1.54, 1.807) is 0 Å². The fourth-order valence-electron chi connectivity index (χ4n) is 3.49. The van der Waals surface area contributed by atoms with Crippen molar-refractivity contribution in [3.8, 4) is 0 Å². The highest BCUT2D eigenvalue weighted by Gasteiger charge is 2.47. The van der Waals surface area contributed by atoms with Gasteiger partial charge in [0.15, 0.2) is 0 Å². The minimum Gasteiger partial charge on any atom is -0.301 e. The molecule has 1 aliphatic heterocycles. The zero-order chi connectivity index (χ0) is 10.4. The van der Waals surface area contributed by atoms with E-state index in [1.165, 1.54) is 38.6 Å². The first kappa shape index (κ1) is 10.5. The lowest BCUT2D eigenvalue weighted by atomic mass is 9.78. The van der Waals surface area contributed by atoms with E-state index < -0.39 is 0 Å². The molecule has 0 radical (unpaired) electrons. The van der Waals surface area contributed by atoms with Crippen LogP contribution in [0.5, 0.6) is 0 Å². The summed E-state index contributed by atoms with van der Waals surface area (Å²) in [7, 11) is 2.33. The lowest BCUT2D eigenvalue weighted by molar-refractivity contribution is 0.153. The molecule has 0 aromatic rings. The maximum atomic E-state index is 2.64. The summed E-state index contributed by atoms with van der Waals surface area (Å²) in [6, 6.07) is 0. The Hall–Kier alpha value is -0.0400. The zero-order valence-electron chi connectivity index (χ0n) is 10.3. The molecular weight excluding hydrogens is 170 g/mol. The number of nitrogens with zero attached hydrogens (tertiary/aromatic N) is 1. The maximum Gasteiger partial charge on any atom is 0.0210 e. The molecule has 1 aliphatic carbocycles. The van der Waals surface area contributed by atoms with Crippen LogP contribution in [0, 0.1) is 11.3 Å². The van der Waals surface area contributed by atoms with Crippen LogP contribution in [-0.2, 0) is 0 Å². The van der Waals surface area contributed by atoms with Crippen molar-refractivity contribution < 1.29 is 0 Å². The van der Waals surface area contributed by atoms with Gasteiger partial charge < -0.3 is 4.90 Å². The molecule has 0 bridgehead atoms. The van der Waals surface area contributed by atoms with Gasteiger partial charge in [0.2, 0.25) is 0 Å². The quantitative estimate of drug-likeness (QED) is 0.573. The van der Waals surface area contributed by atoms with Gasteiger partial charge in [0, 0.05) is 5.54 Å². The van der Waals surface area contributed by atoms with Crippen molar-refractivity contribution in [3.63, 3.8) is 0 Å². The van der Waals surface area contributed by atoms with Gasteiger partial charge in [0.1, 0.15) is 0 Å². The van der Waals surface area contributed by atoms with Gasteiger partial charge in [0.05, 0.1) is 0 Å².